The molecule has 0 aliphatic rings. The van der Waals surface area contributed by atoms with Crippen LogP contribution in [0.4, 0.5) is 0 Å². The molecule has 2 aromatic heterocycles. The minimum atomic E-state index is -4.08. The van der Waals surface area contributed by atoms with Crippen molar-refractivity contribution in [3.8, 4) is 0 Å². The van der Waals surface area contributed by atoms with Crippen LogP contribution in [0, 0.1) is 26.2 Å². The van der Waals surface area contributed by atoms with Gasteiger partial charge in [0.2, 0.25) is 0 Å². The molecule has 25 heavy (non-hydrogen) atoms. The number of aryl methyl sites for hydroxylation is 3. The lowest BCUT2D eigenvalue weighted by Crippen LogP contribution is -2.26. The molecule has 0 aliphatic carbocycles. The van der Waals surface area contributed by atoms with Gasteiger partial charge in [-0.2, -0.15) is 8.42 Å². The Bertz CT molecular complexity index is 1070. The summed E-state index contributed by atoms with van der Waals surface area (Å²) < 4.78 is 32.1. The maximum atomic E-state index is 10.9. The van der Waals surface area contributed by atoms with Gasteiger partial charge in [0.05, 0.1) is 15.9 Å². The molecular formula is C17H20N4O3S. The molecule has 0 spiro atoms. The second kappa shape index (κ2) is 7.04. The van der Waals surface area contributed by atoms with E-state index in [1.165, 1.54) is 4.68 Å². The van der Waals surface area contributed by atoms with E-state index in [9.17, 15) is 8.42 Å². The summed E-state index contributed by atoms with van der Waals surface area (Å²) in [5, 5.41) is 7.41. The van der Waals surface area contributed by atoms with Crippen LogP contribution in [0.1, 0.15) is 16.7 Å². The standard InChI is InChI=1S/C9H12O3S.C8H8N4/c1-6-4-7(2)9(8(3)5-6)13(10,11)12;9-8-4-3-6-7(12(8)10)2-1-5-11-6/h4-5H,1-3H3,(H,10,11,12);1-5,9H,10H2. The quantitative estimate of drug-likeness (QED) is 0.453. The van der Waals surface area contributed by atoms with Crippen molar-refractivity contribution in [1.29, 1.82) is 5.41 Å². The molecule has 7 nitrogen and oxygen atoms in total. The minimum absolute atomic E-state index is 0.0260. The first kappa shape index (κ1) is 18.6. The number of nitrogens with one attached hydrogen (secondary N) is 1. The van der Waals surface area contributed by atoms with Crippen molar-refractivity contribution in [2.75, 3.05) is 5.84 Å². The molecule has 0 amide bonds. The summed E-state index contributed by atoms with van der Waals surface area (Å²) in [5.74, 6) is 5.61. The van der Waals surface area contributed by atoms with E-state index in [1.807, 2.05) is 13.0 Å². The molecule has 4 N–H and O–H groups in total. The summed E-state index contributed by atoms with van der Waals surface area (Å²) in [6, 6.07) is 10.5. The van der Waals surface area contributed by atoms with Crippen LogP contribution >= 0.6 is 0 Å². The average molecular weight is 360 g/mol. The maximum absolute atomic E-state index is 10.9. The van der Waals surface area contributed by atoms with Gasteiger partial charge in [0.1, 0.15) is 5.49 Å². The van der Waals surface area contributed by atoms with Gasteiger partial charge in [0, 0.05) is 6.20 Å². The van der Waals surface area contributed by atoms with E-state index in [0.29, 0.717) is 11.1 Å². The summed E-state index contributed by atoms with van der Waals surface area (Å²) in [6.07, 6.45) is 1.70. The van der Waals surface area contributed by atoms with Gasteiger partial charge in [-0.1, -0.05) is 17.7 Å². The normalized spacial score (nSPS) is 11.0. The van der Waals surface area contributed by atoms with Crippen molar-refractivity contribution < 1.29 is 13.0 Å². The third kappa shape index (κ3) is 4.23. The molecule has 0 unspecified atom stereocenters. The lowest BCUT2D eigenvalue weighted by molar-refractivity contribution is 0.482. The molecule has 0 bridgehead atoms. The van der Waals surface area contributed by atoms with Crippen LogP contribution in [-0.2, 0) is 10.1 Å². The molecule has 1 aromatic carbocycles. The second-order valence-corrected chi connectivity index (χ2v) is 7.06. The molecule has 0 saturated carbocycles. The van der Waals surface area contributed by atoms with E-state index in [2.05, 4.69) is 4.98 Å². The number of pyridine rings is 2. The Morgan fingerprint density at radius 1 is 1.12 bits per heavy atom. The smallest absolute Gasteiger partial charge is 0.295 e. The number of benzene rings is 1. The molecule has 3 rings (SSSR count). The first-order valence-electron chi connectivity index (χ1n) is 7.43. The van der Waals surface area contributed by atoms with Crippen molar-refractivity contribution in [2.24, 2.45) is 0 Å². The van der Waals surface area contributed by atoms with Gasteiger partial charge >= 0.3 is 0 Å². The highest BCUT2D eigenvalue weighted by Crippen LogP contribution is 2.20. The lowest BCUT2D eigenvalue weighted by atomic mass is 10.1. The van der Waals surface area contributed by atoms with E-state index in [-0.39, 0.29) is 10.4 Å². The topological polar surface area (TPSA) is 122 Å². The number of nitrogens with zero attached hydrogens (tertiary/aromatic N) is 2. The van der Waals surface area contributed by atoms with Gasteiger partial charge in [0.25, 0.3) is 10.1 Å². The van der Waals surface area contributed by atoms with Crippen LogP contribution in [-0.4, -0.2) is 22.6 Å². The number of hydrogen-bond donors (Lipinski definition) is 3. The number of nitrogen functional groups attached to an aromatic ring is 1. The van der Waals surface area contributed by atoms with Gasteiger partial charge in [0.15, 0.2) is 0 Å². The van der Waals surface area contributed by atoms with E-state index >= 15 is 0 Å². The van der Waals surface area contributed by atoms with Gasteiger partial charge < -0.3 is 5.84 Å². The van der Waals surface area contributed by atoms with Gasteiger partial charge in [-0.25, -0.2) is 4.68 Å². The Hall–Kier alpha value is -2.71. The zero-order valence-electron chi connectivity index (χ0n) is 14.2. The Balaban J connectivity index is 0.000000181. The van der Waals surface area contributed by atoms with Crippen LogP contribution in [0.5, 0.6) is 0 Å². The largest absolute Gasteiger partial charge is 0.337 e. The molecule has 0 fully saturated rings. The van der Waals surface area contributed by atoms with Crippen molar-refractivity contribution in [3.05, 3.63) is 64.8 Å². The molecule has 0 saturated heterocycles. The number of hydrogen-bond acceptors (Lipinski definition) is 5. The highest BCUT2D eigenvalue weighted by Gasteiger charge is 2.15. The summed E-state index contributed by atoms with van der Waals surface area (Å²) >= 11 is 0. The SMILES string of the molecule is Cc1cc(C)c(S(=O)(=O)O)c(C)c1.N=c1ccc2ncccc2n1N. The molecule has 2 heterocycles. The number of nitrogens with two attached hydrogens (primary N) is 1. The number of rotatable bonds is 1. The summed E-state index contributed by atoms with van der Waals surface area (Å²) in [5.41, 5.74) is 4.00. The predicted molar refractivity (Wildman–Crippen MR) is 96.2 cm³/mol. The second-order valence-electron chi connectivity index (χ2n) is 5.70. The molecule has 132 valence electrons. The number of aromatic nitrogens is 2. The van der Waals surface area contributed by atoms with E-state index in [1.54, 1.807) is 50.4 Å². The highest BCUT2D eigenvalue weighted by molar-refractivity contribution is 7.86. The van der Waals surface area contributed by atoms with Gasteiger partial charge in [-0.15, -0.1) is 0 Å². The van der Waals surface area contributed by atoms with Crippen LogP contribution in [0.15, 0.2) is 47.5 Å². The van der Waals surface area contributed by atoms with Gasteiger partial charge in [-0.05, 0) is 56.2 Å². The fourth-order valence-corrected chi connectivity index (χ4v) is 3.61. The Morgan fingerprint density at radius 3 is 2.28 bits per heavy atom. The van der Waals surface area contributed by atoms with E-state index in [4.69, 9.17) is 15.8 Å². The fourth-order valence-electron chi connectivity index (χ4n) is 2.68. The minimum Gasteiger partial charge on any atom is -0.337 e. The van der Waals surface area contributed by atoms with Crippen LogP contribution in [0.3, 0.4) is 0 Å². The van der Waals surface area contributed by atoms with Crippen LogP contribution in [0.2, 0.25) is 0 Å². The Morgan fingerprint density at radius 2 is 1.72 bits per heavy atom. The molecule has 8 heteroatoms. The molecule has 0 radical (unpaired) electrons. The zero-order chi connectivity index (χ0) is 18.8. The van der Waals surface area contributed by atoms with Crippen molar-refractivity contribution in [1.82, 2.24) is 9.66 Å². The Kier molecular flexibility index (Phi) is 5.24. The molecule has 0 aliphatic heterocycles. The average Bonchev–Trinajstić information content (AvgIpc) is 2.49. The van der Waals surface area contributed by atoms with Crippen molar-refractivity contribution >= 4 is 21.2 Å². The first-order valence-corrected chi connectivity index (χ1v) is 8.87. The van der Waals surface area contributed by atoms with Crippen LogP contribution in [0.25, 0.3) is 11.0 Å². The summed E-state index contributed by atoms with van der Waals surface area (Å²) in [6.45, 7) is 5.22. The molecular weight excluding hydrogens is 340 g/mol. The van der Waals surface area contributed by atoms with Gasteiger partial charge in [-0.3, -0.25) is 14.9 Å². The highest BCUT2D eigenvalue weighted by atomic mass is 32.2. The van der Waals surface area contributed by atoms with Crippen molar-refractivity contribution in [2.45, 2.75) is 25.7 Å². The van der Waals surface area contributed by atoms with Crippen LogP contribution < -0.4 is 11.3 Å². The fraction of sp³-hybridized carbons (Fsp3) is 0.176. The predicted octanol–water partition coefficient (Wildman–Crippen LogP) is 2.09. The third-order valence-corrected chi connectivity index (χ3v) is 4.76. The third-order valence-electron chi connectivity index (χ3n) is 3.60. The first-order chi connectivity index (χ1) is 11.6. The zero-order valence-corrected chi connectivity index (χ0v) is 15.0. The lowest BCUT2D eigenvalue weighted by Gasteiger charge is -2.07. The maximum Gasteiger partial charge on any atom is 0.295 e. The Labute approximate surface area is 146 Å². The molecule has 3 aromatic rings. The summed E-state index contributed by atoms with van der Waals surface area (Å²) in [7, 11) is -4.08. The number of fused-ring (bicyclic) bond motifs is 1. The monoisotopic (exact) mass is 360 g/mol. The van der Waals surface area contributed by atoms with Crippen molar-refractivity contribution in [3.63, 3.8) is 0 Å². The molecule has 0 atom stereocenters. The van der Waals surface area contributed by atoms with E-state index < -0.39 is 10.1 Å². The van der Waals surface area contributed by atoms with E-state index in [0.717, 1.165) is 16.6 Å². The summed E-state index contributed by atoms with van der Waals surface area (Å²) in [4.78, 5) is 4.12.